The van der Waals surface area contributed by atoms with Gasteiger partial charge in [0.05, 0.1) is 11.3 Å². The van der Waals surface area contributed by atoms with Crippen molar-refractivity contribution < 1.29 is 15.0 Å². The molecule has 0 spiro atoms. The Morgan fingerprint density at radius 2 is 1.83 bits per heavy atom. The Hall–Kier alpha value is -2.92. The lowest BCUT2D eigenvalue weighted by molar-refractivity contribution is -0.267. The van der Waals surface area contributed by atoms with E-state index < -0.39 is 5.97 Å². The van der Waals surface area contributed by atoms with Crippen LogP contribution in [-0.2, 0) is 0 Å². The smallest absolute Gasteiger partial charge is 0.337 e. The fraction of sp³-hybridized carbons (Fsp3) is 0. The van der Waals surface area contributed by atoms with Crippen LogP contribution in [0.15, 0.2) is 64.8 Å². The second kappa shape index (κ2) is 6.06. The standard InChI is InChI=1S/C17H11ClN2O3/c18-11-6-7-13(17(22)23)14(9-11)19-20-16-12-4-2-1-3-10(12)5-8-15(16)21/h1-9,21H,(H,22,23)/p-1. The lowest BCUT2D eigenvalue weighted by Crippen LogP contribution is -1.96. The zero-order valence-corrected chi connectivity index (χ0v) is 12.5. The SMILES string of the molecule is O=C(O)c1ccc(Cl)cc1N=Nc1c([O-])ccc2ccccc12. The summed E-state index contributed by atoms with van der Waals surface area (Å²) in [6, 6.07) is 14.6. The number of halogens is 1. The molecule has 6 heteroatoms. The third-order valence-corrected chi connectivity index (χ3v) is 3.55. The molecule has 0 heterocycles. The molecule has 0 aliphatic heterocycles. The Morgan fingerprint density at radius 3 is 2.61 bits per heavy atom. The lowest BCUT2D eigenvalue weighted by atomic mass is 10.1. The highest BCUT2D eigenvalue weighted by Crippen LogP contribution is 2.35. The van der Waals surface area contributed by atoms with E-state index in [9.17, 15) is 15.0 Å². The van der Waals surface area contributed by atoms with E-state index in [1.165, 1.54) is 24.3 Å². The van der Waals surface area contributed by atoms with Gasteiger partial charge in [-0.15, -0.1) is 5.11 Å². The van der Waals surface area contributed by atoms with Gasteiger partial charge in [-0.3, -0.25) is 0 Å². The van der Waals surface area contributed by atoms with E-state index in [-0.39, 0.29) is 22.7 Å². The van der Waals surface area contributed by atoms with Crippen molar-refractivity contribution in [1.82, 2.24) is 0 Å². The predicted molar refractivity (Wildman–Crippen MR) is 86.0 cm³/mol. The van der Waals surface area contributed by atoms with E-state index in [2.05, 4.69) is 10.2 Å². The van der Waals surface area contributed by atoms with Crippen LogP contribution in [0.1, 0.15) is 10.4 Å². The zero-order chi connectivity index (χ0) is 16.4. The second-order valence-corrected chi connectivity index (χ2v) is 5.24. The number of hydrogen-bond acceptors (Lipinski definition) is 4. The summed E-state index contributed by atoms with van der Waals surface area (Å²) in [6.45, 7) is 0. The van der Waals surface area contributed by atoms with Crippen LogP contribution in [0.2, 0.25) is 5.02 Å². The molecule has 0 aliphatic rings. The number of nitrogens with zero attached hydrogens (tertiary/aromatic N) is 2. The van der Waals surface area contributed by atoms with Crippen molar-refractivity contribution in [2.24, 2.45) is 10.2 Å². The highest BCUT2D eigenvalue weighted by molar-refractivity contribution is 6.31. The monoisotopic (exact) mass is 325 g/mol. The van der Waals surface area contributed by atoms with Gasteiger partial charge in [0.15, 0.2) is 0 Å². The van der Waals surface area contributed by atoms with E-state index in [1.54, 1.807) is 18.2 Å². The van der Waals surface area contributed by atoms with Gasteiger partial charge in [-0.25, -0.2) is 4.79 Å². The molecule has 0 aliphatic carbocycles. The maximum atomic E-state index is 12.0. The molecule has 0 bridgehead atoms. The minimum absolute atomic E-state index is 0.0363. The van der Waals surface area contributed by atoms with Gasteiger partial charge in [-0.1, -0.05) is 53.7 Å². The fourth-order valence-electron chi connectivity index (χ4n) is 2.21. The molecule has 1 N–H and O–H groups in total. The summed E-state index contributed by atoms with van der Waals surface area (Å²) in [5.74, 6) is -1.43. The van der Waals surface area contributed by atoms with Crippen molar-refractivity contribution in [3.63, 3.8) is 0 Å². The topological polar surface area (TPSA) is 85.1 Å². The molecule has 0 aromatic heterocycles. The van der Waals surface area contributed by atoms with Crippen molar-refractivity contribution in [3.8, 4) is 5.75 Å². The molecular weight excluding hydrogens is 316 g/mol. The van der Waals surface area contributed by atoms with Gasteiger partial charge in [-0.2, -0.15) is 5.11 Å². The van der Waals surface area contributed by atoms with Crippen LogP contribution in [0, 0.1) is 0 Å². The average molecular weight is 326 g/mol. The fourth-order valence-corrected chi connectivity index (χ4v) is 2.38. The minimum Gasteiger partial charge on any atom is -0.871 e. The van der Waals surface area contributed by atoms with Crippen LogP contribution in [-0.4, -0.2) is 11.1 Å². The molecule has 3 aromatic carbocycles. The van der Waals surface area contributed by atoms with Crippen molar-refractivity contribution in [2.45, 2.75) is 0 Å². The third kappa shape index (κ3) is 3.00. The van der Waals surface area contributed by atoms with Crippen molar-refractivity contribution >= 4 is 39.7 Å². The van der Waals surface area contributed by atoms with E-state index in [1.807, 2.05) is 12.1 Å². The summed E-state index contributed by atoms with van der Waals surface area (Å²) in [5.41, 5.74) is 0.225. The van der Waals surface area contributed by atoms with E-state index in [0.717, 1.165) is 5.39 Å². The summed E-state index contributed by atoms with van der Waals surface area (Å²) < 4.78 is 0. The number of carboxylic acid groups (broad SMARTS) is 1. The molecule has 0 saturated carbocycles. The molecule has 0 fully saturated rings. The molecule has 0 amide bonds. The van der Waals surface area contributed by atoms with Crippen LogP contribution >= 0.6 is 11.6 Å². The minimum atomic E-state index is -1.14. The van der Waals surface area contributed by atoms with Crippen LogP contribution in [0.5, 0.6) is 5.75 Å². The Balaban J connectivity index is 2.13. The number of carboxylic acids is 1. The number of rotatable bonds is 3. The van der Waals surface area contributed by atoms with Crippen LogP contribution < -0.4 is 5.11 Å². The quantitative estimate of drug-likeness (QED) is 0.709. The van der Waals surface area contributed by atoms with Gasteiger partial charge in [0.1, 0.15) is 5.69 Å². The average Bonchev–Trinajstić information content (AvgIpc) is 2.53. The van der Waals surface area contributed by atoms with E-state index in [0.29, 0.717) is 10.4 Å². The van der Waals surface area contributed by atoms with Gasteiger partial charge in [0.25, 0.3) is 0 Å². The van der Waals surface area contributed by atoms with Crippen LogP contribution in [0.3, 0.4) is 0 Å². The number of azo groups is 1. The van der Waals surface area contributed by atoms with Gasteiger partial charge in [0, 0.05) is 10.4 Å². The summed E-state index contributed by atoms with van der Waals surface area (Å²) in [7, 11) is 0. The first-order valence-corrected chi connectivity index (χ1v) is 7.07. The van der Waals surface area contributed by atoms with Crippen molar-refractivity contribution in [2.75, 3.05) is 0 Å². The first-order chi connectivity index (χ1) is 11.1. The van der Waals surface area contributed by atoms with Gasteiger partial charge >= 0.3 is 5.97 Å². The number of carbonyl (C=O) groups is 1. The van der Waals surface area contributed by atoms with E-state index in [4.69, 9.17) is 11.6 Å². The maximum absolute atomic E-state index is 12.0. The normalized spacial score (nSPS) is 11.2. The third-order valence-electron chi connectivity index (χ3n) is 3.31. The predicted octanol–water partition coefficient (Wildman–Crippen LogP) is 4.68. The highest BCUT2D eigenvalue weighted by Gasteiger charge is 2.10. The molecule has 23 heavy (non-hydrogen) atoms. The Morgan fingerprint density at radius 1 is 1.04 bits per heavy atom. The summed E-state index contributed by atoms with van der Waals surface area (Å²) in [5, 5.41) is 31.0. The summed E-state index contributed by atoms with van der Waals surface area (Å²) in [4.78, 5) is 11.2. The Kier molecular flexibility index (Phi) is 3.95. The first kappa shape index (κ1) is 15.0. The van der Waals surface area contributed by atoms with Gasteiger partial charge in [-0.05, 0) is 23.6 Å². The maximum Gasteiger partial charge on any atom is 0.337 e. The number of hydrogen-bond donors (Lipinski definition) is 1. The molecule has 0 atom stereocenters. The molecule has 3 rings (SSSR count). The zero-order valence-electron chi connectivity index (χ0n) is 11.7. The molecule has 0 radical (unpaired) electrons. The molecular formula is C17H10ClN2O3-. The first-order valence-electron chi connectivity index (χ1n) is 6.69. The molecule has 0 saturated heterocycles. The largest absolute Gasteiger partial charge is 0.871 e. The van der Waals surface area contributed by atoms with Gasteiger partial charge in [0.2, 0.25) is 0 Å². The molecule has 114 valence electrons. The van der Waals surface area contributed by atoms with Crippen LogP contribution in [0.25, 0.3) is 10.8 Å². The number of fused-ring (bicyclic) bond motifs is 1. The van der Waals surface area contributed by atoms with Crippen LogP contribution in [0.4, 0.5) is 11.4 Å². The molecule has 3 aromatic rings. The van der Waals surface area contributed by atoms with Gasteiger partial charge < -0.3 is 10.2 Å². The Labute approximate surface area is 136 Å². The lowest BCUT2D eigenvalue weighted by Gasteiger charge is -2.11. The van der Waals surface area contributed by atoms with Crippen molar-refractivity contribution in [1.29, 1.82) is 0 Å². The molecule has 0 unspecified atom stereocenters. The summed E-state index contributed by atoms with van der Waals surface area (Å²) >= 11 is 5.87. The van der Waals surface area contributed by atoms with Crippen molar-refractivity contribution in [3.05, 3.63) is 65.2 Å². The second-order valence-electron chi connectivity index (χ2n) is 4.80. The Bertz CT molecular complexity index is 938. The highest BCUT2D eigenvalue weighted by atomic mass is 35.5. The van der Waals surface area contributed by atoms with E-state index >= 15 is 0 Å². The number of benzene rings is 3. The summed E-state index contributed by atoms with van der Waals surface area (Å²) in [6.07, 6.45) is 0. The molecule has 5 nitrogen and oxygen atoms in total. The number of aromatic carboxylic acids is 1.